The Morgan fingerprint density at radius 3 is 2.57 bits per heavy atom. The van der Waals surface area contributed by atoms with Gasteiger partial charge in [-0.15, -0.1) is 10.2 Å². The van der Waals surface area contributed by atoms with E-state index in [9.17, 15) is 9.59 Å². The number of carbonyl (C=O) groups excluding carboxylic acids is 1. The zero-order valence-corrected chi connectivity index (χ0v) is 19.9. The molecule has 0 aliphatic carbocycles. The summed E-state index contributed by atoms with van der Waals surface area (Å²) in [7, 11) is 1.61. The average molecular weight is 486 g/mol. The number of rotatable bonds is 8. The topological polar surface area (TPSA) is 90.5 Å². The van der Waals surface area contributed by atoms with Gasteiger partial charge in [-0.1, -0.05) is 66.4 Å². The number of nitrogens with one attached hydrogen (secondary N) is 1. The summed E-state index contributed by atoms with van der Waals surface area (Å²) in [5.74, 6) is 1.22. The van der Waals surface area contributed by atoms with E-state index in [1.165, 1.54) is 11.8 Å². The fraction of sp³-hybridized carbons (Fsp3) is 0.154. The van der Waals surface area contributed by atoms with Crippen molar-refractivity contribution in [3.8, 4) is 5.75 Å². The van der Waals surface area contributed by atoms with Gasteiger partial charge in [0.15, 0.2) is 5.16 Å². The zero-order chi connectivity index (χ0) is 24.2. The maximum atomic E-state index is 13.3. The number of ether oxygens (including phenoxy) is 1. The Labute approximate surface area is 205 Å². The molecule has 2 heterocycles. The lowest BCUT2D eigenvalue weighted by Gasteiger charge is -2.11. The van der Waals surface area contributed by atoms with E-state index in [4.69, 9.17) is 4.74 Å². The molecule has 0 spiro atoms. The van der Waals surface area contributed by atoms with E-state index in [0.717, 1.165) is 16.9 Å². The second kappa shape index (κ2) is 10.0. The van der Waals surface area contributed by atoms with Crippen LogP contribution in [0.3, 0.4) is 0 Å². The summed E-state index contributed by atoms with van der Waals surface area (Å²) in [5.41, 5.74) is 2.52. The number of methoxy groups -OCH3 is 1. The van der Waals surface area contributed by atoms with Gasteiger partial charge in [-0.25, -0.2) is 0 Å². The van der Waals surface area contributed by atoms with E-state index >= 15 is 0 Å². The molecule has 0 aliphatic heterocycles. The number of hydrogen-bond donors (Lipinski definition) is 1. The maximum absolute atomic E-state index is 13.3. The summed E-state index contributed by atoms with van der Waals surface area (Å²) in [4.78, 5) is 25.8. The highest BCUT2D eigenvalue weighted by Gasteiger charge is 2.18. The predicted octanol–water partition coefficient (Wildman–Crippen LogP) is 3.51. The molecule has 2 aromatic heterocycles. The molecule has 0 atom stereocenters. The molecule has 0 saturated carbocycles. The predicted molar refractivity (Wildman–Crippen MR) is 136 cm³/mol. The molecule has 176 valence electrons. The Morgan fingerprint density at radius 1 is 0.971 bits per heavy atom. The number of carbonyl (C=O) groups is 1. The normalized spacial score (nSPS) is 11.1. The number of thioether (sulfide) groups is 1. The summed E-state index contributed by atoms with van der Waals surface area (Å²) >= 11 is 1.28. The highest BCUT2D eigenvalue weighted by molar-refractivity contribution is 7.99. The number of benzene rings is 3. The fourth-order valence-corrected chi connectivity index (χ4v) is 4.67. The summed E-state index contributed by atoms with van der Waals surface area (Å²) in [5, 5.41) is 12.7. The summed E-state index contributed by atoms with van der Waals surface area (Å²) in [6.07, 6.45) is 0. The van der Waals surface area contributed by atoms with Gasteiger partial charge in [-0.2, -0.15) is 0 Å². The minimum absolute atomic E-state index is 0.128. The van der Waals surface area contributed by atoms with E-state index in [1.807, 2.05) is 77.2 Å². The monoisotopic (exact) mass is 485 g/mol. The number of hydrogen-bond acceptors (Lipinski definition) is 6. The standard InChI is InChI=1S/C26H23N5O3S/c1-34-20-11-7-10-19(14-20)15-27-23(32)17-35-26-29-28-25-30(16-18-8-3-2-4-9-18)24(33)21-12-5-6-13-22(21)31(25)26/h2-14H,15-17H2,1H3,(H,27,32). The lowest BCUT2D eigenvalue weighted by Crippen LogP contribution is -2.25. The van der Waals surface area contributed by atoms with Crippen LogP contribution in [0.4, 0.5) is 0 Å². The minimum atomic E-state index is -0.128. The summed E-state index contributed by atoms with van der Waals surface area (Å²) in [6, 6.07) is 24.7. The third-order valence-corrected chi connectivity index (χ3v) is 6.55. The van der Waals surface area contributed by atoms with Crippen molar-refractivity contribution in [2.45, 2.75) is 18.2 Å². The van der Waals surface area contributed by atoms with Crippen LogP contribution in [0.25, 0.3) is 16.7 Å². The van der Waals surface area contributed by atoms with Gasteiger partial charge in [-0.3, -0.25) is 18.6 Å². The van der Waals surface area contributed by atoms with Gasteiger partial charge in [-0.05, 0) is 35.4 Å². The Bertz CT molecular complexity index is 1560. The van der Waals surface area contributed by atoms with Crippen molar-refractivity contribution in [2.75, 3.05) is 12.9 Å². The van der Waals surface area contributed by atoms with Crippen molar-refractivity contribution in [3.05, 3.63) is 100 Å². The molecule has 0 saturated heterocycles. The van der Waals surface area contributed by atoms with Crippen LogP contribution in [-0.4, -0.2) is 37.9 Å². The van der Waals surface area contributed by atoms with Crippen LogP contribution in [-0.2, 0) is 17.9 Å². The van der Waals surface area contributed by atoms with Gasteiger partial charge in [0.25, 0.3) is 5.56 Å². The van der Waals surface area contributed by atoms with Crippen molar-refractivity contribution in [1.29, 1.82) is 0 Å². The van der Waals surface area contributed by atoms with E-state index in [2.05, 4.69) is 15.5 Å². The van der Waals surface area contributed by atoms with Crippen LogP contribution in [0.2, 0.25) is 0 Å². The average Bonchev–Trinajstić information content (AvgIpc) is 3.33. The molecule has 35 heavy (non-hydrogen) atoms. The number of nitrogens with zero attached hydrogens (tertiary/aromatic N) is 4. The lowest BCUT2D eigenvalue weighted by molar-refractivity contribution is -0.118. The number of fused-ring (bicyclic) bond motifs is 3. The van der Waals surface area contributed by atoms with Crippen molar-refractivity contribution < 1.29 is 9.53 Å². The third-order valence-electron chi connectivity index (χ3n) is 5.62. The summed E-state index contributed by atoms with van der Waals surface area (Å²) in [6.45, 7) is 0.772. The van der Waals surface area contributed by atoms with Gasteiger partial charge >= 0.3 is 0 Å². The third kappa shape index (κ3) is 4.76. The van der Waals surface area contributed by atoms with Gasteiger partial charge < -0.3 is 10.1 Å². The highest BCUT2D eigenvalue weighted by atomic mass is 32.2. The minimum Gasteiger partial charge on any atom is -0.497 e. The Kier molecular flexibility index (Phi) is 6.49. The Balaban J connectivity index is 1.41. The molecule has 3 aromatic carbocycles. The Morgan fingerprint density at radius 2 is 1.74 bits per heavy atom. The van der Waals surface area contributed by atoms with Crippen LogP contribution in [0.1, 0.15) is 11.1 Å². The second-order valence-corrected chi connectivity index (χ2v) is 8.87. The largest absolute Gasteiger partial charge is 0.497 e. The van der Waals surface area contributed by atoms with Crippen molar-refractivity contribution >= 4 is 34.3 Å². The van der Waals surface area contributed by atoms with Crippen LogP contribution in [0.5, 0.6) is 5.75 Å². The van der Waals surface area contributed by atoms with E-state index in [0.29, 0.717) is 34.9 Å². The first kappa shape index (κ1) is 22.7. The molecule has 0 bridgehead atoms. The van der Waals surface area contributed by atoms with E-state index in [1.54, 1.807) is 17.7 Å². The first-order valence-electron chi connectivity index (χ1n) is 11.1. The molecule has 9 heteroatoms. The molecule has 8 nitrogen and oxygen atoms in total. The number of aromatic nitrogens is 4. The van der Waals surface area contributed by atoms with Crippen LogP contribution in [0, 0.1) is 0 Å². The highest BCUT2D eigenvalue weighted by Crippen LogP contribution is 2.22. The first-order chi connectivity index (χ1) is 17.1. The van der Waals surface area contributed by atoms with Gasteiger partial charge in [0.1, 0.15) is 5.75 Å². The van der Waals surface area contributed by atoms with Gasteiger partial charge in [0, 0.05) is 6.54 Å². The molecule has 0 aliphatic rings. The first-order valence-corrected chi connectivity index (χ1v) is 12.1. The summed E-state index contributed by atoms with van der Waals surface area (Å²) < 4.78 is 8.70. The molecular formula is C26H23N5O3S. The van der Waals surface area contributed by atoms with Gasteiger partial charge in [0.05, 0.1) is 30.3 Å². The smallest absolute Gasteiger partial charge is 0.263 e. The molecular weight excluding hydrogens is 462 g/mol. The quantitative estimate of drug-likeness (QED) is 0.338. The van der Waals surface area contributed by atoms with Gasteiger partial charge in [0.2, 0.25) is 11.7 Å². The molecule has 5 rings (SSSR count). The molecule has 5 aromatic rings. The molecule has 0 radical (unpaired) electrons. The van der Waals surface area contributed by atoms with Crippen molar-refractivity contribution in [2.24, 2.45) is 0 Å². The molecule has 1 N–H and O–H groups in total. The molecule has 1 amide bonds. The van der Waals surface area contributed by atoms with Crippen molar-refractivity contribution in [1.82, 2.24) is 24.5 Å². The van der Waals surface area contributed by atoms with E-state index in [-0.39, 0.29) is 17.2 Å². The number of amides is 1. The van der Waals surface area contributed by atoms with Crippen molar-refractivity contribution in [3.63, 3.8) is 0 Å². The number of para-hydroxylation sites is 1. The SMILES string of the molecule is COc1cccc(CNC(=O)CSc2nnc3n(Cc4ccccc4)c(=O)c4ccccc4n23)c1. The van der Waals surface area contributed by atoms with Crippen LogP contribution in [0.15, 0.2) is 88.8 Å². The molecule has 0 fully saturated rings. The fourth-order valence-electron chi connectivity index (χ4n) is 3.90. The zero-order valence-electron chi connectivity index (χ0n) is 19.0. The van der Waals surface area contributed by atoms with Crippen LogP contribution >= 0.6 is 11.8 Å². The maximum Gasteiger partial charge on any atom is 0.263 e. The van der Waals surface area contributed by atoms with Crippen LogP contribution < -0.4 is 15.6 Å². The lowest BCUT2D eigenvalue weighted by atomic mass is 10.2. The second-order valence-electron chi connectivity index (χ2n) is 7.93. The Hall–Kier alpha value is -4.11. The molecule has 0 unspecified atom stereocenters. The van der Waals surface area contributed by atoms with E-state index < -0.39 is 0 Å².